The fourth-order valence-corrected chi connectivity index (χ4v) is 5.77. The van der Waals surface area contributed by atoms with E-state index < -0.39 is 24.1 Å². The van der Waals surface area contributed by atoms with Crippen molar-refractivity contribution in [3.8, 4) is 0 Å². The number of imide groups is 1. The van der Waals surface area contributed by atoms with Gasteiger partial charge < -0.3 is 26.0 Å². The third kappa shape index (κ3) is 5.18. The van der Waals surface area contributed by atoms with Crippen molar-refractivity contribution < 1.29 is 28.3 Å². The summed E-state index contributed by atoms with van der Waals surface area (Å²) in [5.41, 5.74) is 7.23. The Hall–Kier alpha value is -3.99. The van der Waals surface area contributed by atoms with Gasteiger partial charge in [0.25, 0.3) is 5.91 Å². The number of carbonyl (C=O) groups excluding carboxylic acids is 4. The Bertz CT molecular complexity index is 1290. The highest BCUT2D eigenvalue weighted by Gasteiger charge is 2.58. The summed E-state index contributed by atoms with van der Waals surface area (Å²) in [6, 6.07) is 10.6. The molecule has 1 aliphatic heterocycles. The number of nitrogens with one attached hydrogen (secondary N) is 2. The van der Waals surface area contributed by atoms with E-state index in [9.17, 15) is 23.6 Å². The van der Waals surface area contributed by atoms with Gasteiger partial charge in [0.2, 0.25) is 11.5 Å². The molecule has 11 heteroatoms. The molecule has 2 aromatic carbocycles. The molecule has 1 spiro atoms. The molecule has 1 saturated heterocycles. The van der Waals surface area contributed by atoms with E-state index in [1.165, 1.54) is 19.2 Å². The number of urea groups is 1. The number of rotatable bonds is 6. The van der Waals surface area contributed by atoms with Crippen molar-refractivity contribution in [3.63, 3.8) is 0 Å². The standard InChI is InChI=1S/C28H32FN5O5/c1-31-26(37)32-21-8-11-23-18(14-21)12-13-28(23)25(36)34(27(38)39-28)16-24(35)33(22-9-6-20(30)7-10-22)15-17-2-4-19(29)5-3-17/h2-5,8,11,14,20,22H,6-7,9-10,12-13,15-16,30H2,1H3,(H2,31,32,37)/t20-,22-,28-/m1/s1. The van der Waals surface area contributed by atoms with E-state index in [2.05, 4.69) is 10.6 Å². The molecule has 1 saturated carbocycles. The largest absolute Gasteiger partial charge is 0.427 e. The molecule has 1 heterocycles. The van der Waals surface area contributed by atoms with Crippen molar-refractivity contribution in [2.45, 2.75) is 62.8 Å². The highest BCUT2D eigenvalue weighted by Crippen LogP contribution is 2.46. The van der Waals surface area contributed by atoms with Gasteiger partial charge in [0.15, 0.2) is 0 Å². The van der Waals surface area contributed by atoms with Crippen LogP contribution < -0.4 is 16.4 Å². The highest BCUT2D eigenvalue weighted by atomic mass is 19.1. The SMILES string of the molecule is CNC(=O)Nc1ccc2c(c1)CC[C@@]21OC(=O)N(CC(=O)N(Cc2ccc(F)cc2)[C@H]2CC[C@H](N)CC2)C1=O. The van der Waals surface area contributed by atoms with Crippen molar-refractivity contribution in [1.29, 1.82) is 0 Å². The minimum atomic E-state index is -1.49. The van der Waals surface area contributed by atoms with Crippen molar-refractivity contribution in [2.75, 3.05) is 18.9 Å². The first kappa shape index (κ1) is 26.6. The van der Waals surface area contributed by atoms with Crippen LogP contribution in [0.1, 0.15) is 48.8 Å². The van der Waals surface area contributed by atoms with Crippen LogP contribution in [0.15, 0.2) is 42.5 Å². The topological polar surface area (TPSA) is 134 Å². The molecule has 2 aromatic rings. The highest BCUT2D eigenvalue weighted by molar-refractivity contribution is 6.06. The molecule has 1 atom stereocenters. The normalized spacial score (nSPS) is 23.9. The number of nitrogens with two attached hydrogens (primary N) is 1. The molecule has 0 unspecified atom stereocenters. The van der Waals surface area contributed by atoms with Gasteiger partial charge in [-0.25, -0.2) is 18.9 Å². The van der Waals surface area contributed by atoms with E-state index in [0.717, 1.165) is 28.9 Å². The maximum absolute atomic E-state index is 13.7. The molecule has 10 nitrogen and oxygen atoms in total. The smallest absolute Gasteiger partial charge is 0.418 e. The third-order valence-electron chi connectivity index (χ3n) is 7.91. The number of fused-ring (bicyclic) bond motifs is 2. The quantitative estimate of drug-likeness (QED) is 0.519. The van der Waals surface area contributed by atoms with E-state index in [1.54, 1.807) is 35.2 Å². The van der Waals surface area contributed by atoms with Gasteiger partial charge in [-0.1, -0.05) is 18.2 Å². The van der Waals surface area contributed by atoms with Gasteiger partial charge in [-0.05, 0) is 67.5 Å². The molecule has 0 aromatic heterocycles. The Morgan fingerprint density at radius 2 is 1.85 bits per heavy atom. The number of amides is 5. The van der Waals surface area contributed by atoms with Crippen LogP contribution in [-0.2, 0) is 32.9 Å². The summed E-state index contributed by atoms with van der Waals surface area (Å²) in [5.74, 6) is -1.33. The zero-order chi connectivity index (χ0) is 27.7. The van der Waals surface area contributed by atoms with Crippen LogP contribution in [0.4, 0.5) is 19.7 Å². The summed E-state index contributed by atoms with van der Waals surface area (Å²) in [6.45, 7) is -0.222. The van der Waals surface area contributed by atoms with Gasteiger partial charge in [-0.2, -0.15) is 0 Å². The molecule has 2 aliphatic carbocycles. The lowest BCUT2D eigenvalue weighted by molar-refractivity contribution is -0.143. The molecule has 3 aliphatic rings. The van der Waals surface area contributed by atoms with Crippen LogP contribution >= 0.6 is 0 Å². The molecule has 5 amide bonds. The minimum Gasteiger partial charge on any atom is -0.427 e. The summed E-state index contributed by atoms with van der Waals surface area (Å²) >= 11 is 0. The Balaban J connectivity index is 1.35. The van der Waals surface area contributed by atoms with Gasteiger partial charge >= 0.3 is 12.1 Å². The van der Waals surface area contributed by atoms with Gasteiger partial charge in [-0.15, -0.1) is 0 Å². The number of nitrogens with zero attached hydrogens (tertiary/aromatic N) is 2. The fourth-order valence-electron chi connectivity index (χ4n) is 5.77. The first-order valence-electron chi connectivity index (χ1n) is 13.2. The summed E-state index contributed by atoms with van der Waals surface area (Å²) in [7, 11) is 1.51. The first-order chi connectivity index (χ1) is 18.7. The molecule has 0 radical (unpaired) electrons. The lowest BCUT2D eigenvalue weighted by Crippen LogP contribution is -2.49. The molecular weight excluding hydrogens is 505 g/mol. The second kappa shape index (κ2) is 10.6. The number of aryl methyl sites for hydroxylation is 1. The number of anilines is 1. The van der Waals surface area contributed by atoms with Crippen molar-refractivity contribution >= 4 is 29.6 Å². The number of hydrogen-bond acceptors (Lipinski definition) is 6. The van der Waals surface area contributed by atoms with Crippen LogP contribution in [0.2, 0.25) is 0 Å². The summed E-state index contributed by atoms with van der Waals surface area (Å²) in [4.78, 5) is 54.5. The van der Waals surface area contributed by atoms with Crippen molar-refractivity contribution in [2.24, 2.45) is 5.73 Å². The predicted molar refractivity (Wildman–Crippen MR) is 140 cm³/mol. The van der Waals surface area contributed by atoms with Crippen LogP contribution in [0.25, 0.3) is 0 Å². The van der Waals surface area contributed by atoms with Crippen molar-refractivity contribution in [3.05, 3.63) is 65.0 Å². The fraction of sp³-hybridized carbons (Fsp3) is 0.429. The molecule has 4 N–H and O–H groups in total. The maximum Gasteiger partial charge on any atom is 0.418 e. The van der Waals surface area contributed by atoms with Crippen LogP contribution in [0.5, 0.6) is 0 Å². The van der Waals surface area contributed by atoms with Gasteiger partial charge in [0.05, 0.1) is 0 Å². The molecule has 5 rings (SSSR count). The Kier molecular flexibility index (Phi) is 7.26. The summed E-state index contributed by atoms with van der Waals surface area (Å²) in [5, 5.41) is 5.17. The zero-order valence-corrected chi connectivity index (χ0v) is 21.7. The average molecular weight is 538 g/mol. The monoisotopic (exact) mass is 537 g/mol. The number of carbonyl (C=O) groups is 4. The molecule has 206 valence electrons. The van der Waals surface area contributed by atoms with E-state index >= 15 is 0 Å². The first-order valence-corrected chi connectivity index (χ1v) is 13.2. The van der Waals surface area contributed by atoms with Crippen LogP contribution in [0.3, 0.4) is 0 Å². The second-order valence-electron chi connectivity index (χ2n) is 10.4. The van der Waals surface area contributed by atoms with Gasteiger partial charge in [0.1, 0.15) is 12.4 Å². The van der Waals surface area contributed by atoms with Crippen LogP contribution in [0, 0.1) is 5.82 Å². The number of halogens is 1. The molecule has 0 bridgehead atoms. The average Bonchev–Trinajstić information content (AvgIpc) is 3.40. The third-order valence-corrected chi connectivity index (χ3v) is 7.91. The zero-order valence-electron chi connectivity index (χ0n) is 21.7. The van der Waals surface area contributed by atoms with Gasteiger partial charge in [0, 0.05) is 43.3 Å². The summed E-state index contributed by atoms with van der Waals surface area (Å²) < 4.78 is 19.2. The number of hydrogen-bond donors (Lipinski definition) is 3. The van der Waals surface area contributed by atoms with E-state index in [4.69, 9.17) is 10.5 Å². The predicted octanol–water partition coefficient (Wildman–Crippen LogP) is 3.00. The van der Waals surface area contributed by atoms with E-state index in [1.807, 2.05) is 0 Å². The van der Waals surface area contributed by atoms with E-state index in [-0.39, 0.29) is 42.8 Å². The van der Waals surface area contributed by atoms with E-state index in [0.29, 0.717) is 30.5 Å². The minimum absolute atomic E-state index is 0.0773. The van der Waals surface area contributed by atoms with Crippen LogP contribution in [-0.4, -0.2) is 59.4 Å². The number of ether oxygens (including phenoxy) is 1. The Labute approximate surface area is 225 Å². The molecular formula is C28H32FN5O5. The number of benzene rings is 2. The maximum atomic E-state index is 13.7. The molecule has 39 heavy (non-hydrogen) atoms. The van der Waals surface area contributed by atoms with Crippen molar-refractivity contribution in [1.82, 2.24) is 15.1 Å². The Morgan fingerprint density at radius 3 is 2.54 bits per heavy atom. The molecule has 2 fully saturated rings. The Morgan fingerprint density at radius 1 is 1.13 bits per heavy atom. The summed E-state index contributed by atoms with van der Waals surface area (Å²) in [6.07, 6.45) is 2.80. The lowest BCUT2D eigenvalue weighted by atomic mass is 9.90. The second-order valence-corrected chi connectivity index (χ2v) is 10.4. The van der Waals surface area contributed by atoms with Gasteiger partial charge in [-0.3, -0.25) is 9.59 Å². The lowest BCUT2D eigenvalue weighted by Gasteiger charge is -2.36.